The third-order valence-electron chi connectivity index (χ3n) is 5.88. The Labute approximate surface area is 229 Å². The molecule has 0 unspecified atom stereocenters. The summed E-state index contributed by atoms with van der Waals surface area (Å²) in [6, 6.07) is 14.0. The molecule has 196 valence electrons. The fourth-order valence-electron chi connectivity index (χ4n) is 4.02. The Morgan fingerprint density at radius 1 is 1.16 bits per heavy atom. The zero-order valence-corrected chi connectivity index (χ0v) is 22.7. The van der Waals surface area contributed by atoms with Gasteiger partial charge in [-0.05, 0) is 65.9 Å². The summed E-state index contributed by atoms with van der Waals surface area (Å²) < 4.78 is 12.0. The average molecular weight is 554 g/mol. The van der Waals surface area contributed by atoms with Gasteiger partial charge in [0.2, 0.25) is 0 Å². The van der Waals surface area contributed by atoms with Crippen molar-refractivity contribution in [3.8, 4) is 22.9 Å². The van der Waals surface area contributed by atoms with Gasteiger partial charge in [-0.25, -0.2) is 9.78 Å². The summed E-state index contributed by atoms with van der Waals surface area (Å²) in [6.07, 6.45) is 1.43. The Morgan fingerprint density at radius 2 is 1.84 bits per heavy atom. The van der Waals surface area contributed by atoms with Crippen LogP contribution in [0.3, 0.4) is 0 Å². The van der Waals surface area contributed by atoms with Crippen LogP contribution in [0.5, 0.6) is 11.5 Å². The quantitative estimate of drug-likeness (QED) is 0.262. The van der Waals surface area contributed by atoms with Crippen LogP contribution in [-0.2, 0) is 4.79 Å². The monoisotopic (exact) mass is 553 g/mol. The number of aliphatic carboxylic acids is 1. The van der Waals surface area contributed by atoms with Gasteiger partial charge in [0.1, 0.15) is 5.75 Å². The Balaban J connectivity index is 1.89. The second kappa shape index (κ2) is 11.2. The number of hydrogen-bond donors (Lipinski definition) is 1. The lowest BCUT2D eigenvalue weighted by atomic mass is 9.96. The van der Waals surface area contributed by atoms with Crippen molar-refractivity contribution in [2.45, 2.75) is 26.7 Å². The number of hydrogen-bond acceptors (Lipinski definition) is 6. The highest BCUT2D eigenvalue weighted by Crippen LogP contribution is 2.35. The average Bonchev–Trinajstić information content (AvgIpc) is 2.87. The molecular weight excluding hydrogens is 529 g/mol. The van der Waals surface area contributed by atoms with Crippen molar-refractivity contribution < 1.29 is 19.4 Å². The van der Waals surface area contributed by atoms with Gasteiger partial charge >= 0.3 is 5.97 Å². The summed E-state index contributed by atoms with van der Waals surface area (Å²) in [6.45, 7) is 5.46. The van der Waals surface area contributed by atoms with Gasteiger partial charge in [-0.1, -0.05) is 49.2 Å². The number of nitrogens with zero attached hydrogens (tertiary/aromatic N) is 3. The van der Waals surface area contributed by atoms with Gasteiger partial charge in [0.15, 0.2) is 18.2 Å². The number of halogens is 2. The van der Waals surface area contributed by atoms with E-state index in [-0.39, 0.29) is 27.3 Å². The number of carboxylic acid groups (broad SMARTS) is 1. The molecule has 10 heteroatoms. The number of carbonyl (C=O) groups is 1. The third-order valence-corrected chi connectivity index (χ3v) is 6.44. The first kappa shape index (κ1) is 27.2. The van der Waals surface area contributed by atoms with E-state index >= 15 is 0 Å². The molecule has 0 saturated heterocycles. The molecule has 0 fully saturated rings. The molecule has 0 saturated carbocycles. The van der Waals surface area contributed by atoms with E-state index in [1.165, 1.54) is 23.0 Å². The first-order valence-corrected chi connectivity index (χ1v) is 12.4. The van der Waals surface area contributed by atoms with Crippen LogP contribution in [0.1, 0.15) is 36.5 Å². The second-order valence-corrected chi connectivity index (χ2v) is 9.69. The van der Waals surface area contributed by atoms with E-state index in [9.17, 15) is 9.59 Å². The molecule has 3 aromatic carbocycles. The molecule has 0 bridgehead atoms. The topological polar surface area (TPSA) is 103 Å². The molecule has 8 nitrogen and oxygen atoms in total. The molecule has 0 amide bonds. The Bertz CT molecular complexity index is 1610. The predicted octanol–water partition coefficient (Wildman–Crippen LogP) is 6.16. The molecule has 1 aromatic heterocycles. The van der Waals surface area contributed by atoms with E-state index in [4.69, 9.17) is 42.8 Å². The van der Waals surface area contributed by atoms with Crippen LogP contribution in [0.4, 0.5) is 0 Å². The zero-order valence-electron chi connectivity index (χ0n) is 21.2. The van der Waals surface area contributed by atoms with Crippen molar-refractivity contribution in [1.82, 2.24) is 9.66 Å². The smallest absolute Gasteiger partial charge is 0.341 e. The summed E-state index contributed by atoms with van der Waals surface area (Å²) in [7, 11) is 1.63. The number of aryl methyl sites for hydroxylation is 1. The van der Waals surface area contributed by atoms with Crippen LogP contribution in [0, 0.1) is 6.92 Å². The van der Waals surface area contributed by atoms with Gasteiger partial charge < -0.3 is 14.6 Å². The SMILES string of the molecule is COc1cc(C)c(-c2nc3ccccc3c(=O)n2N=Cc2cc(Cl)c(OCC(=O)O)c(Cl)c2)cc1C(C)C. The van der Waals surface area contributed by atoms with Crippen molar-refractivity contribution in [2.24, 2.45) is 5.10 Å². The molecule has 1 N–H and O–H groups in total. The number of rotatable bonds is 8. The van der Waals surface area contributed by atoms with Crippen molar-refractivity contribution >= 4 is 46.3 Å². The van der Waals surface area contributed by atoms with E-state index in [1.54, 1.807) is 25.3 Å². The summed E-state index contributed by atoms with van der Waals surface area (Å²) in [5.41, 5.74) is 3.25. The van der Waals surface area contributed by atoms with Crippen molar-refractivity contribution in [3.05, 3.63) is 85.6 Å². The molecule has 4 aromatic rings. The van der Waals surface area contributed by atoms with Gasteiger partial charge in [-0.15, -0.1) is 0 Å². The minimum absolute atomic E-state index is 0.0492. The van der Waals surface area contributed by atoms with Gasteiger partial charge in [-0.2, -0.15) is 9.78 Å². The van der Waals surface area contributed by atoms with Crippen LogP contribution >= 0.6 is 23.2 Å². The Hall–Kier alpha value is -3.88. The van der Waals surface area contributed by atoms with Gasteiger partial charge in [0.25, 0.3) is 5.56 Å². The minimum atomic E-state index is -1.16. The number of ether oxygens (including phenoxy) is 2. The van der Waals surface area contributed by atoms with E-state index in [0.29, 0.717) is 22.3 Å². The number of para-hydroxylation sites is 1. The third kappa shape index (κ3) is 5.51. The molecular formula is C28H25Cl2N3O5. The maximum Gasteiger partial charge on any atom is 0.341 e. The van der Waals surface area contributed by atoms with Crippen LogP contribution in [0.2, 0.25) is 10.0 Å². The number of aromatic nitrogens is 2. The maximum atomic E-state index is 13.6. The van der Waals surface area contributed by atoms with Gasteiger partial charge in [0, 0.05) is 5.56 Å². The summed E-state index contributed by atoms with van der Waals surface area (Å²) in [5, 5.41) is 14.0. The maximum absolute atomic E-state index is 13.6. The van der Waals surface area contributed by atoms with Crippen LogP contribution in [0.15, 0.2) is 58.4 Å². The first-order chi connectivity index (χ1) is 18.1. The summed E-state index contributed by atoms with van der Waals surface area (Å²) in [5.74, 6) is 0.181. The predicted molar refractivity (Wildman–Crippen MR) is 149 cm³/mol. The zero-order chi connectivity index (χ0) is 27.6. The highest BCUT2D eigenvalue weighted by atomic mass is 35.5. The minimum Gasteiger partial charge on any atom is -0.496 e. The van der Waals surface area contributed by atoms with E-state index in [0.717, 1.165) is 22.4 Å². The fourth-order valence-corrected chi connectivity index (χ4v) is 4.64. The lowest BCUT2D eigenvalue weighted by Crippen LogP contribution is -2.20. The van der Waals surface area contributed by atoms with Crippen molar-refractivity contribution in [1.29, 1.82) is 0 Å². The van der Waals surface area contributed by atoms with Crippen LogP contribution in [0.25, 0.3) is 22.3 Å². The lowest BCUT2D eigenvalue weighted by molar-refractivity contribution is -0.139. The number of fused-ring (bicyclic) bond motifs is 1. The molecule has 38 heavy (non-hydrogen) atoms. The fraction of sp³-hybridized carbons (Fsp3) is 0.214. The van der Waals surface area contributed by atoms with Crippen molar-refractivity contribution in [3.63, 3.8) is 0 Å². The Morgan fingerprint density at radius 3 is 2.47 bits per heavy atom. The molecule has 0 atom stereocenters. The first-order valence-electron chi connectivity index (χ1n) is 11.7. The van der Waals surface area contributed by atoms with E-state index in [2.05, 4.69) is 18.9 Å². The van der Waals surface area contributed by atoms with Gasteiger partial charge in [0.05, 0.1) is 34.3 Å². The van der Waals surface area contributed by atoms with Crippen LogP contribution < -0.4 is 15.0 Å². The largest absolute Gasteiger partial charge is 0.496 e. The van der Waals surface area contributed by atoms with Crippen molar-refractivity contribution in [2.75, 3.05) is 13.7 Å². The Kier molecular flexibility index (Phi) is 8.04. The number of carboxylic acids is 1. The molecule has 0 aliphatic carbocycles. The summed E-state index contributed by atoms with van der Waals surface area (Å²) >= 11 is 12.6. The molecule has 1 heterocycles. The normalized spacial score (nSPS) is 11.4. The lowest BCUT2D eigenvalue weighted by Gasteiger charge is -2.17. The van der Waals surface area contributed by atoms with E-state index < -0.39 is 12.6 Å². The molecule has 0 radical (unpaired) electrons. The van der Waals surface area contributed by atoms with Gasteiger partial charge in [-0.3, -0.25) is 4.79 Å². The summed E-state index contributed by atoms with van der Waals surface area (Å²) in [4.78, 5) is 29.2. The highest BCUT2D eigenvalue weighted by Gasteiger charge is 2.18. The number of benzene rings is 3. The van der Waals surface area contributed by atoms with Crippen LogP contribution in [-0.4, -0.2) is 40.7 Å². The molecule has 0 spiro atoms. The molecule has 0 aliphatic rings. The van der Waals surface area contributed by atoms with E-state index in [1.807, 2.05) is 25.1 Å². The molecule has 0 aliphatic heterocycles. The number of methoxy groups -OCH3 is 1. The standard InChI is InChI=1S/C28H25Cl2N3O5/c1-15(2)19-12-20(16(3)9-24(19)37-4)27-32-23-8-6-5-7-18(23)28(36)33(27)31-13-17-10-21(29)26(22(30)11-17)38-14-25(34)35/h5-13,15H,14H2,1-4H3,(H,34,35). The molecule has 4 rings (SSSR count). The highest BCUT2D eigenvalue weighted by molar-refractivity contribution is 6.37. The second-order valence-electron chi connectivity index (χ2n) is 8.87.